The van der Waals surface area contributed by atoms with Gasteiger partial charge in [0.25, 0.3) is 0 Å². The molecule has 0 aromatic rings. The van der Waals surface area contributed by atoms with Gasteiger partial charge < -0.3 is 20.3 Å². The van der Waals surface area contributed by atoms with E-state index in [4.69, 9.17) is 4.74 Å². The van der Waals surface area contributed by atoms with E-state index in [1.807, 2.05) is 6.08 Å². The standard InChI is InChI=1S/C59H109NO5/c1-3-5-7-9-11-13-15-17-29-33-37-41-45-49-53-59(64)65-54-50-46-42-38-34-30-26-24-22-20-18-19-21-23-25-28-32-36-40-44-48-52-58(63)60-56(55-61)57(62)51-47-43-39-35-31-27-16-14-12-10-8-6-4-2/h15,17,30,34,42,46-47,51,56-57,61-62H,3-14,16,18-29,31-33,35-41,43-45,48-50,52-55H2,1-2H3,(H,60,63)/b17-15-,34-30-,46-42-,51-47+. The molecule has 6 nitrogen and oxygen atoms in total. The van der Waals surface area contributed by atoms with E-state index in [9.17, 15) is 19.8 Å². The third-order valence-electron chi connectivity index (χ3n) is 12.8. The Morgan fingerprint density at radius 3 is 1.18 bits per heavy atom. The van der Waals surface area contributed by atoms with Crippen molar-refractivity contribution in [3.63, 3.8) is 0 Å². The maximum absolute atomic E-state index is 12.4. The second-order valence-corrected chi connectivity index (χ2v) is 19.3. The summed E-state index contributed by atoms with van der Waals surface area (Å²) in [6.07, 6.45) is 68.6. The average molecular weight is 913 g/mol. The van der Waals surface area contributed by atoms with Crippen molar-refractivity contribution in [2.24, 2.45) is 0 Å². The van der Waals surface area contributed by atoms with E-state index >= 15 is 0 Å². The van der Waals surface area contributed by atoms with E-state index in [-0.39, 0.29) is 18.5 Å². The highest BCUT2D eigenvalue weighted by Gasteiger charge is 2.18. The molecule has 2 atom stereocenters. The van der Waals surface area contributed by atoms with Crippen molar-refractivity contribution in [3.05, 3.63) is 48.6 Å². The van der Waals surface area contributed by atoms with Crippen LogP contribution in [-0.4, -0.2) is 47.4 Å². The van der Waals surface area contributed by atoms with E-state index in [0.717, 1.165) is 51.4 Å². The van der Waals surface area contributed by atoms with Gasteiger partial charge in [-0.2, -0.15) is 0 Å². The van der Waals surface area contributed by atoms with Crippen LogP contribution in [0.2, 0.25) is 0 Å². The maximum atomic E-state index is 12.4. The van der Waals surface area contributed by atoms with Gasteiger partial charge in [0.15, 0.2) is 0 Å². The van der Waals surface area contributed by atoms with E-state index in [1.165, 1.54) is 212 Å². The zero-order valence-electron chi connectivity index (χ0n) is 43.2. The number of hydrogen-bond acceptors (Lipinski definition) is 5. The van der Waals surface area contributed by atoms with Crippen LogP contribution in [0.5, 0.6) is 0 Å². The number of aliphatic hydroxyl groups is 2. The van der Waals surface area contributed by atoms with Gasteiger partial charge in [-0.3, -0.25) is 9.59 Å². The SMILES string of the molecule is CCCCCCC/C=C\CCCCCCCC(=O)OCC/C=C\C/C=C\CCCCCCCCCCCCCCCCC(=O)NC(CO)C(O)/C=C/CCCCCCCCCCCCC. The Hall–Kier alpha value is -2.18. The predicted molar refractivity (Wildman–Crippen MR) is 282 cm³/mol. The summed E-state index contributed by atoms with van der Waals surface area (Å²) in [5.74, 6) is -0.119. The zero-order chi connectivity index (χ0) is 47.2. The number of carbonyl (C=O) groups is 2. The molecule has 0 aliphatic heterocycles. The minimum atomic E-state index is -0.848. The lowest BCUT2D eigenvalue weighted by molar-refractivity contribution is -0.143. The molecule has 3 N–H and O–H groups in total. The molecule has 380 valence electrons. The Kier molecular flexibility index (Phi) is 52.6. The quantitative estimate of drug-likeness (QED) is 0.0321. The van der Waals surface area contributed by atoms with Gasteiger partial charge >= 0.3 is 5.97 Å². The third-order valence-corrected chi connectivity index (χ3v) is 12.8. The fourth-order valence-electron chi connectivity index (χ4n) is 8.47. The first-order valence-electron chi connectivity index (χ1n) is 28.4. The fraction of sp³-hybridized carbons (Fsp3) is 0.831. The fourth-order valence-corrected chi connectivity index (χ4v) is 8.47. The summed E-state index contributed by atoms with van der Waals surface area (Å²) < 4.78 is 5.40. The molecule has 2 unspecified atom stereocenters. The number of esters is 1. The largest absolute Gasteiger partial charge is 0.465 e. The van der Waals surface area contributed by atoms with Crippen molar-refractivity contribution in [1.29, 1.82) is 0 Å². The highest BCUT2D eigenvalue weighted by atomic mass is 16.5. The van der Waals surface area contributed by atoms with Crippen LogP contribution in [0.15, 0.2) is 48.6 Å². The molecular weight excluding hydrogens is 803 g/mol. The summed E-state index contributed by atoms with van der Waals surface area (Å²) >= 11 is 0. The van der Waals surface area contributed by atoms with Crippen LogP contribution in [0.3, 0.4) is 0 Å². The van der Waals surface area contributed by atoms with Gasteiger partial charge in [-0.1, -0.05) is 249 Å². The minimum absolute atomic E-state index is 0.0450. The van der Waals surface area contributed by atoms with Crippen LogP contribution in [0.25, 0.3) is 0 Å². The molecule has 0 aliphatic rings. The first kappa shape index (κ1) is 62.8. The molecule has 0 aliphatic carbocycles. The number of allylic oxidation sites excluding steroid dienone is 6. The molecule has 6 heteroatoms. The first-order valence-corrected chi connectivity index (χ1v) is 28.4. The molecule has 0 saturated carbocycles. The zero-order valence-corrected chi connectivity index (χ0v) is 43.2. The second kappa shape index (κ2) is 54.4. The van der Waals surface area contributed by atoms with Crippen molar-refractivity contribution in [2.45, 2.75) is 302 Å². The second-order valence-electron chi connectivity index (χ2n) is 19.3. The monoisotopic (exact) mass is 912 g/mol. The number of rotatable bonds is 52. The van der Waals surface area contributed by atoms with E-state index in [1.54, 1.807) is 6.08 Å². The Balaban J connectivity index is 3.48. The van der Waals surface area contributed by atoms with Gasteiger partial charge in [0, 0.05) is 12.8 Å². The molecule has 0 radical (unpaired) electrons. The summed E-state index contributed by atoms with van der Waals surface area (Å²) in [4.78, 5) is 24.4. The molecule has 0 rings (SSSR count). The lowest BCUT2D eigenvalue weighted by Gasteiger charge is -2.20. The number of unbranched alkanes of at least 4 members (excludes halogenated alkanes) is 35. The van der Waals surface area contributed by atoms with E-state index in [2.05, 4.69) is 55.6 Å². The minimum Gasteiger partial charge on any atom is -0.465 e. The lowest BCUT2D eigenvalue weighted by Crippen LogP contribution is -2.45. The van der Waals surface area contributed by atoms with Crippen LogP contribution in [0.4, 0.5) is 0 Å². The Morgan fingerprint density at radius 2 is 0.769 bits per heavy atom. The van der Waals surface area contributed by atoms with Crippen LogP contribution < -0.4 is 5.32 Å². The lowest BCUT2D eigenvalue weighted by atomic mass is 10.0. The number of ether oxygens (including phenoxy) is 1. The van der Waals surface area contributed by atoms with Crippen molar-refractivity contribution in [3.8, 4) is 0 Å². The van der Waals surface area contributed by atoms with Crippen LogP contribution in [0, 0.1) is 0 Å². The highest BCUT2D eigenvalue weighted by molar-refractivity contribution is 5.76. The van der Waals surface area contributed by atoms with E-state index in [0.29, 0.717) is 19.4 Å². The van der Waals surface area contributed by atoms with E-state index < -0.39 is 12.1 Å². The maximum Gasteiger partial charge on any atom is 0.305 e. The van der Waals surface area contributed by atoms with Crippen LogP contribution in [-0.2, 0) is 14.3 Å². The third kappa shape index (κ3) is 51.1. The number of hydrogen-bond donors (Lipinski definition) is 3. The van der Waals surface area contributed by atoms with Crippen molar-refractivity contribution in [1.82, 2.24) is 5.32 Å². The van der Waals surface area contributed by atoms with Crippen LogP contribution >= 0.6 is 0 Å². The Labute approximate surface area is 404 Å². The number of nitrogens with one attached hydrogen (secondary N) is 1. The van der Waals surface area contributed by atoms with Crippen molar-refractivity contribution in [2.75, 3.05) is 13.2 Å². The van der Waals surface area contributed by atoms with Crippen molar-refractivity contribution < 1.29 is 24.5 Å². The number of carbonyl (C=O) groups excluding carboxylic acids is 2. The summed E-state index contributed by atoms with van der Waals surface area (Å²) in [6, 6.07) is -0.632. The molecule has 0 saturated heterocycles. The van der Waals surface area contributed by atoms with Gasteiger partial charge in [0.1, 0.15) is 0 Å². The molecule has 0 fully saturated rings. The molecule has 65 heavy (non-hydrogen) atoms. The molecule has 0 aromatic carbocycles. The molecule has 1 amide bonds. The van der Waals surface area contributed by atoms with Crippen molar-refractivity contribution >= 4 is 11.9 Å². The normalized spacial score (nSPS) is 13.0. The number of amides is 1. The van der Waals surface area contributed by atoms with Gasteiger partial charge in [-0.05, 0) is 77.0 Å². The predicted octanol–water partition coefficient (Wildman–Crippen LogP) is 17.4. The first-order chi connectivity index (χ1) is 32.0. The molecule has 0 bridgehead atoms. The smallest absolute Gasteiger partial charge is 0.305 e. The number of aliphatic hydroxyl groups excluding tert-OH is 2. The summed E-state index contributed by atoms with van der Waals surface area (Å²) in [7, 11) is 0. The molecule has 0 aromatic heterocycles. The Morgan fingerprint density at radius 1 is 0.431 bits per heavy atom. The highest BCUT2D eigenvalue weighted by Crippen LogP contribution is 2.16. The van der Waals surface area contributed by atoms with Gasteiger partial charge in [0.2, 0.25) is 5.91 Å². The molecular formula is C59H109NO5. The summed E-state index contributed by atoms with van der Waals surface area (Å²) in [5, 5.41) is 23.1. The van der Waals surface area contributed by atoms with Gasteiger partial charge in [0.05, 0.1) is 25.4 Å². The molecule has 0 heterocycles. The summed E-state index contributed by atoms with van der Waals surface area (Å²) in [5.41, 5.74) is 0. The summed E-state index contributed by atoms with van der Waals surface area (Å²) in [6.45, 7) is 4.77. The van der Waals surface area contributed by atoms with Gasteiger partial charge in [-0.15, -0.1) is 0 Å². The van der Waals surface area contributed by atoms with Gasteiger partial charge in [-0.25, -0.2) is 0 Å². The topological polar surface area (TPSA) is 95.9 Å². The van der Waals surface area contributed by atoms with Crippen LogP contribution in [0.1, 0.15) is 290 Å². The average Bonchev–Trinajstić information content (AvgIpc) is 3.31. The Bertz CT molecular complexity index is 1100. The molecule has 0 spiro atoms.